The molecule has 196 valence electrons. The SMILES string of the molecule is C#C.CCC.Cc1cc(CNC2=NS(=O)N=C2NC2=CC=C(Br)C(CC(=O)N(C)C)=C(O)C2)oc1C. The summed E-state index contributed by atoms with van der Waals surface area (Å²) in [5.41, 5.74) is 2.17. The van der Waals surface area contributed by atoms with E-state index in [1.165, 1.54) is 11.3 Å². The summed E-state index contributed by atoms with van der Waals surface area (Å²) in [7, 11) is 3.33. The van der Waals surface area contributed by atoms with E-state index < -0.39 is 11.2 Å². The van der Waals surface area contributed by atoms with Gasteiger partial charge in [-0.3, -0.25) is 4.79 Å². The Kier molecular flexibility index (Phi) is 13.0. The van der Waals surface area contributed by atoms with E-state index in [1.807, 2.05) is 19.9 Å². The summed E-state index contributed by atoms with van der Waals surface area (Å²) in [5, 5.41) is 16.8. The van der Waals surface area contributed by atoms with Gasteiger partial charge in [0, 0.05) is 36.3 Å². The molecule has 1 unspecified atom stereocenters. The Morgan fingerprint density at radius 2 is 1.83 bits per heavy atom. The number of nitrogens with one attached hydrogen (secondary N) is 2. The fourth-order valence-electron chi connectivity index (χ4n) is 2.86. The molecular weight excluding hydrogens is 546 g/mol. The highest BCUT2D eigenvalue weighted by Crippen LogP contribution is 2.29. The average molecular weight is 581 g/mol. The smallest absolute Gasteiger partial charge is 0.269 e. The lowest BCUT2D eigenvalue weighted by atomic mass is 10.1. The lowest BCUT2D eigenvalue weighted by Gasteiger charge is -2.14. The van der Waals surface area contributed by atoms with Crippen molar-refractivity contribution in [3.8, 4) is 12.8 Å². The summed E-state index contributed by atoms with van der Waals surface area (Å²) in [6, 6.07) is 1.93. The van der Waals surface area contributed by atoms with Crippen LogP contribution in [0.15, 0.2) is 52.9 Å². The minimum absolute atomic E-state index is 0.0577. The number of allylic oxidation sites excluding steroid dienone is 3. The number of carbonyl (C=O) groups excluding carboxylic acids is 1. The Morgan fingerprint density at radius 1 is 1.22 bits per heavy atom. The first-order valence-electron chi connectivity index (χ1n) is 11.2. The second kappa shape index (κ2) is 15.1. The largest absolute Gasteiger partial charge is 0.512 e. The molecule has 0 fully saturated rings. The van der Waals surface area contributed by atoms with Crippen molar-refractivity contribution >= 4 is 44.7 Å². The number of carbonyl (C=O) groups is 1. The molecule has 9 nitrogen and oxygen atoms in total. The van der Waals surface area contributed by atoms with Gasteiger partial charge in [-0.2, -0.15) is 0 Å². The summed E-state index contributed by atoms with van der Waals surface area (Å²) < 4.78 is 26.2. The van der Waals surface area contributed by atoms with Gasteiger partial charge in [0.2, 0.25) is 5.91 Å². The number of furan rings is 1. The van der Waals surface area contributed by atoms with Gasteiger partial charge < -0.3 is 25.1 Å². The lowest BCUT2D eigenvalue weighted by molar-refractivity contribution is -0.127. The topological polar surface area (TPSA) is 120 Å². The van der Waals surface area contributed by atoms with E-state index in [9.17, 15) is 14.1 Å². The fourth-order valence-corrected chi connectivity index (χ4v) is 4.00. The van der Waals surface area contributed by atoms with Crippen LogP contribution in [0, 0.1) is 26.7 Å². The first-order valence-corrected chi connectivity index (χ1v) is 13.1. The van der Waals surface area contributed by atoms with Gasteiger partial charge in [0.1, 0.15) is 17.3 Å². The van der Waals surface area contributed by atoms with Gasteiger partial charge in [0.05, 0.1) is 13.0 Å². The molecule has 0 saturated carbocycles. The zero-order valence-electron chi connectivity index (χ0n) is 21.5. The van der Waals surface area contributed by atoms with E-state index in [-0.39, 0.29) is 24.5 Å². The standard InChI is InChI=1S/C20H24BrN5O4S.C3H8.C2H2/c1-11-7-14(30-12(11)2)10-22-19-20(25-31(29)24-19)23-13-5-6-16(21)15(17(27)8-13)9-18(28)26(3)4;1-3-2;1-2/h5-7,27H,8-10H2,1-4H3,(H,22,24)(H,23,25);3H2,1-2H3;1-2H. The van der Waals surface area contributed by atoms with Crippen LogP contribution in [0.25, 0.3) is 0 Å². The molecule has 0 radical (unpaired) electrons. The highest BCUT2D eigenvalue weighted by Gasteiger charge is 2.23. The molecule has 0 aromatic carbocycles. The molecule has 11 heteroatoms. The first kappa shape index (κ1) is 30.9. The second-order valence-electron chi connectivity index (χ2n) is 8.02. The number of aryl methyl sites for hydroxylation is 2. The maximum atomic E-state index is 12.1. The van der Waals surface area contributed by atoms with Crippen molar-refractivity contribution in [1.29, 1.82) is 0 Å². The third-order valence-electron chi connectivity index (χ3n) is 4.74. The Labute approximate surface area is 224 Å². The molecule has 1 aliphatic carbocycles. The number of halogens is 1. The number of terminal acetylenes is 1. The fraction of sp³-hybridized carbons (Fsp3) is 0.400. The van der Waals surface area contributed by atoms with Crippen LogP contribution in [0.3, 0.4) is 0 Å². The van der Waals surface area contributed by atoms with Crippen molar-refractivity contribution < 1.29 is 18.5 Å². The number of hydrogen-bond acceptors (Lipinski definition) is 6. The number of aliphatic hydroxyl groups is 1. The van der Waals surface area contributed by atoms with Crippen LogP contribution in [0.5, 0.6) is 0 Å². The van der Waals surface area contributed by atoms with Crippen molar-refractivity contribution in [2.75, 3.05) is 14.1 Å². The van der Waals surface area contributed by atoms with Crippen molar-refractivity contribution in [2.24, 2.45) is 8.80 Å². The highest BCUT2D eigenvalue weighted by atomic mass is 79.9. The normalized spacial score (nSPS) is 16.6. The van der Waals surface area contributed by atoms with Gasteiger partial charge in [0.15, 0.2) is 11.7 Å². The van der Waals surface area contributed by atoms with Crippen molar-refractivity contribution in [3.05, 3.63) is 56.8 Å². The number of aliphatic hydroxyl groups excluding tert-OH is 1. The van der Waals surface area contributed by atoms with Crippen molar-refractivity contribution in [3.63, 3.8) is 0 Å². The van der Waals surface area contributed by atoms with Crippen LogP contribution in [0.1, 0.15) is 50.2 Å². The third kappa shape index (κ3) is 9.17. The molecule has 2 aliphatic rings. The van der Waals surface area contributed by atoms with E-state index in [2.05, 4.69) is 62.1 Å². The predicted molar refractivity (Wildman–Crippen MR) is 150 cm³/mol. The average Bonchev–Trinajstić information content (AvgIpc) is 3.30. The predicted octanol–water partition coefficient (Wildman–Crippen LogP) is 4.49. The number of amides is 1. The third-order valence-corrected chi connectivity index (χ3v) is 6.16. The van der Waals surface area contributed by atoms with Crippen LogP contribution in [0.4, 0.5) is 0 Å². The van der Waals surface area contributed by atoms with E-state index in [0.717, 1.165) is 17.1 Å². The first-order chi connectivity index (χ1) is 17.0. The summed E-state index contributed by atoms with van der Waals surface area (Å²) in [4.78, 5) is 13.5. The summed E-state index contributed by atoms with van der Waals surface area (Å²) in [6.45, 7) is 8.46. The molecule has 0 bridgehead atoms. The molecule has 1 atom stereocenters. The minimum Gasteiger partial charge on any atom is -0.512 e. The minimum atomic E-state index is -1.74. The Hall–Kier alpha value is -3.10. The van der Waals surface area contributed by atoms with E-state index in [1.54, 1.807) is 26.2 Å². The van der Waals surface area contributed by atoms with E-state index >= 15 is 0 Å². The summed E-state index contributed by atoms with van der Waals surface area (Å²) in [6.07, 6.45) is 13.0. The molecule has 2 heterocycles. The van der Waals surface area contributed by atoms with Gasteiger partial charge in [-0.25, -0.2) is 4.21 Å². The number of nitrogens with zero attached hydrogens (tertiary/aromatic N) is 3. The van der Waals surface area contributed by atoms with Gasteiger partial charge in [0.25, 0.3) is 11.2 Å². The molecular formula is C25H34BrN5O4S. The van der Waals surface area contributed by atoms with Crippen LogP contribution < -0.4 is 10.6 Å². The molecule has 0 spiro atoms. The van der Waals surface area contributed by atoms with E-state index in [4.69, 9.17) is 4.42 Å². The zero-order chi connectivity index (χ0) is 27.4. The van der Waals surface area contributed by atoms with Crippen LogP contribution in [-0.2, 0) is 22.5 Å². The zero-order valence-corrected chi connectivity index (χ0v) is 23.9. The summed E-state index contributed by atoms with van der Waals surface area (Å²) in [5.74, 6) is 2.14. The summed E-state index contributed by atoms with van der Waals surface area (Å²) >= 11 is 1.68. The lowest BCUT2D eigenvalue weighted by Crippen LogP contribution is -2.37. The molecule has 1 aliphatic heterocycles. The van der Waals surface area contributed by atoms with Crippen LogP contribution in [-0.4, -0.2) is 45.9 Å². The molecule has 3 N–H and O–H groups in total. The van der Waals surface area contributed by atoms with Gasteiger partial charge in [-0.05, 0) is 37.6 Å². The number of rotatable bonds is 5. The van der Waals surface area contributed by atoms with Gasteiger partial charge in [-0.1, -0.05) is 36.2 Å². The number of hydrogen-bond donors (Lipinski definition) is 3. The highest BCUT2D eigenvalue weighted by molar-refractivity contribution is 9.12. The Bertz CT molecular complexity index is 1120. The van der Waals surface area contributed by atoms with Gasteiger partial charge >= 0.3 is 0 Å². The molecule has 1 amide bonds. The molecule has 0 saturated heterocycles. The quantitative estimate of drug-likeness (QED) is 0.442. The molecule has 1 aromatic heterocycles. The van der Waals surface area contributed by atoms with Crippen LogP contribution >= 0.6 is 15.9 Å². The van der Waals surface area contributed by atoms with Crippen molar-refractivity contribution in [2.45, 2.75) is 53.5 Å². The Balaban J connectivity index is 0.00000120. The maximum Gasteiger partial charge on any atom is 0.269 e. The van der Waals surface area contributed by atoms with Crippen molar-refractivity contribution in [1.82, 2.24) is 15.5 Å². The molecule has 36 heavy (non-hydrogen) atoms. The molecule has 3 rings (SSSR count). The number of amidine groups is 2. The molecule has 1 aromatic rings. The maximum absolute atomic E-state index is 12.1. The second-order valence-corrected chi connectivity index (χ2v) is 9.70. The van der Waals surface area contributed by atoms with Crippen LogP contribution in [0.2, 0.25) is 0 Å². The van der Waals surface area contributed by atoms with Gasteiger partial charge in [-0.15, -0.1) is 21.6 Å². The van der Waals surface area contributed by atoms with E-state index in [0.29, 0.717) is 34.0 Å². The Morgan fingerprint density at radius 3 is 2.39 bits per heavy atom. The monoisotopic (exact) mass is 579 g/mol.